The van der Waals surface area contributed by atoms with Gasteiger partial charge >= 0.3 is 6.05 Å². The maximum Gasteiger partial charge on any atom is 0.401 e. The highest BCUT2D eigenvalue weighted by molar-refractivity contribution is 5.85. The number of halogens is 2. The molecule has 0 rings (SSSR count). The van der Waals surface area contributed by atoms with Crippen molar-refractivity contribution in [3.8, 4) is 0 Å². The molecule has 0 aliphatic heterocycles. The first kappa shape index (κ1) is 18.1. The molecule has 1 amide bonds. The number of nitrogens with zero attached hydrogens (tertiary/aromatic N) is 3. The lowest BCUT2D eigenvalue weighted by molar-refractivity contribution is -0.149. The van der Waals surface area contributed by atoms with Gasteiger partial charge in [-0.1, -0.05) is 0 Å². The lowest BCUT2D eigenvalue weighted by Crippen LogP contribution is -2.55. The van der Waals surface area contributed by atoms with E-state index in [1.165, 1.54) is 5.32 Å². The van der Waals surface area contributed by atoms with Crippen LogP contribution in [-0.2, 0) is 9.59 Å². The standard InChI is InChI=1S/C8H12F2N4O6/c9-8(10,13-14-11)7(20)12-3(1-15)5(18)6(19)4(17)2-16/h1,3-6,16-19H,2H2,(H,12,20)/t3-,4+,5+,6-/m0/s1. The van der Waals surface area contributed by atoms with Crippen LogP contribution in [0.3, 0.4) is 0 Å². The number of azide groups is 1. The number of aliphatic hydroxyl groups excluding tert-OH is 4. The molecule has 4 atom stereocenters. The van der Waals surface area contributed by atoms with E-state index in [1.807, 2.05) is 5.11 Å². The smallest absolute Gasteiger partial charge is 0.394 e. The van der Waals surface area contributed by atoms with Crippen molar-refractivity contribution in [2.45, 2.75) is 30.4 Å². The van der Waals surface area contributed by atoms with Crippen molar-refractivity contribution in [1.29, 1.82) is 0 Å². The largest absolute Gasteiger partial charge is 0.401 e. The number of carbonyl (C=O) groups excluding carboxylic acids is 2. The number of carbonyl (C=O) groups is 2. The van der Waals surface area contributed by atoms with Gasteiger partial charge in [-0.15, -0.1) is 0 Å². The topological polar surface area (TPSA) is 176 Å². The summed E-state index contributed by atoms with van der Waals surface area (Å²) in [7, 11) is 0. The van der Waals surface area contributed by atoms with Crippen LogP contribution in [-0.4, -0.2) is 69.6 Å². The summed E-state index contributed by atoms with van der Waals surface area (Å²) in [5.74, 6) is -2.18. The Balaban J connectivity index is 4.91. The van der Waals surface area contributed by atoms with E-state index in [0.717, 1.165) is 0 Å². The molecule has 5 N–H and O–H groups in total. The summed E-state index contributed by atoms with van der Waals surface area (Å²) in [6, 6.07) is -6.52. The first-order chi connectivity index (χ1) is 9.21. The van der Waals surface area contributed by atoms with Gasteiger partial charge in [0, 0.05) is 4.91 Å². The molecule has 10 nitrogen and oxygen atoms in total. The van der Waals surface area contributed by atoms with Gasteiger partial charge < -0.3 is 30.5 Å². The summed E-state index contributed by atoms with van der Waals surface area (Å²) in [6.45, 7) is -0.980. The van der Waals surface area contributed by atoms with Gasteiger partial charge in [-0.25, -0.2) is 0 Å². The van der Waals surface area contributed by atoms with Crippen molar-refractivity contribution >= 4 is 12.2 Å². The molecule has 0 aliphatic carbocycles. The molecule has 0 fully saturated rings. The van der Waals surface area contributed by atoms with Gasteiger partial charge in [0.2, 0.25) is 0 Å². The van der Waals surface area contributed by atoms with Crippen LogP contribution in [0.5, 0.6) is 0 Å². The second-order valence-electron chi connectivity index (χ2n) is 3.60. The summed E-state index contributed by atoms with van der Waals surface area (Å²) in [4.78, 5) is 23.3. The third-order valence-electron chi connectivity index (χ3n) is 2.19. The predicted octanol–water partition coefficient (Wildman–Crippen LogP) is -2.35. The molecule has 0 aromatic rings. The van der Waals surface area contributed by atoms with Gasteiger partial charge in [0.15, 0.2) is 0 Å². The normalized spacial score (nSPS) is 17.3. The summed E-state index contributed by atoms with van der Waals surface area (Å²) in [5.41, 5.74) is 7.82. The lowest BCUT2D eigenvalue weighted by Gasteiger charge is -2.26. The number of aliphatic hydroxyl groups is 4. The third-order valence-corrected chi connectivity index (χ3v) is 2.19. The molecule has 0 spiro atoms. The number of nitrogens with one attached hydrogen (secondary N) is 1. The monoisotopic (exact) mass is 298 g/mol. The number of aldehydes is 1. The summed E-state index contributed by atoms with van der Waals surface area (Å²) < 4.78 is 25.6. The van der Waals surface area contributed by atoms with E-state index in [-0.39, 0.29) is 6.29 Å². The lowest BCUT2D eigenvalue weighted by atomic mass is 10.0. The fraction of sp³-hybridized carbons (Fsp3) is 0.750. The summed E-state index contributed by atoms with van der Waals surface area (Å²) in [5, 5.41) is 39.4. The molecular weight excluding hydrogens is 286 g/mol. The molecule has 0 bridgehead atoms. The zero-order chi connectivity index (χ0) is 15.9. The predicted molar refractivity (Wildman–Crippen MR) is 57.2 cm³/mol. The number of alkyl halides is 2. The van der Waals surface area contributed by atoms with E-state index < -0.39 is 42.9 Å². The summed E-state index contributed by atoms with van der Waals surface area (Å²) in [6.07, 6.45) is -6.28. The van der Waals surface area contributed by atoms with Gasteiger partial charge in [-0.05, 0) is 10.6 Å². The Morgan fingerprint density at radius 2 is 1.95 bits per heavy atom. The van der Waals surface area contributed by atoms with Crippen LogP contribution in [0, 0.1) is 0 Å². The third kappa shape index (κ3) is 4.68. The number of amides is 1. The van der Waals surface area contributed by atoms with Crippen LogP contribution in [0.25, 0.3) is 10.4 Å². The van der Waals surface area contributed by atoms with Crippen molar-refractivity contribution in [3.05, 3.63) is 10.4 Å². The van der Waals surface area contributed by atoms with E-state index in [0.29, 0.717) is 0 Å². The Morgan fingerprint density at radius 1 is 1.40 bits per heavy atom. The first-order valence-corrected chi connectivity index (χ1v) is 5.06. The maximum absolute atomic E-state index is 12.8. The Morgan fingerprint density at radius 3 is 2.35 bits per heavy atom. The zero-order valence-corrected chi connectivity index (χ0v) is 9.80. The SMILES string of the molecule is [N-]=[N+]=NC(F)(F)C(=O)N[C@@H](C=O)[C@@H](O)[C@@H](O)[C@H](O)CO. The van der Waals surface area contributed by atoms with Gasteiger partial charge in [-0.2, -0.15) is 8.78 Å². The highest BCUT2D eigenvalue weighted by Crippen LogP contribution is 2.16. The number of hydrogen-bond acceptors (Lipinski definition) is 7. The Hall–Kier alpha value is -1.85. The van der Waals surface area contributed by atoms with Crippen LogP contribution in [0.4, 0.5) is 8.78 Å². The molecule has 0 aliphatic rings. The zero-order valence-electron chi connectivity index (χ0n) is 9.80. The van der Waals surface area contributed by atoms with Gasteiger partial charge in [-0.3, -0.25) is 4.79 Å². The fourth-order valence-corrected chi connectivity index (χ4v) is 1.09. The minimum atomic E-state index is -4.50. The minimum absolute atomic E-state index is 0.179. The maximum atomic E-state index is 12.8. The second kappa shape index (κ2) is 7.67. The molecule has 0 unspecified atom stereocenters. The summed E-state index contributed by atoms with van der Waals surface area (Å²) >= 11 is 0. The van der Waals surface area contributed by atoms with Crippen molar-refractivity contribution in [2.75, 3.05) is 6.61 Å². The van der Waals surface area contributed by atoms with Crippen molar-refractivity contribution in [2.24, 2.45) is 5.11 Å². The molecule has 0 heterocycles. The molecule has 0 saturated carbocycles. The molecule has 0 aromatic carbocycles. The van der Waals surface area contributed by atoms with E-state index in [9.17, 15) is 28.6 Å². The van der Waals surface area contributed by atoms with Crippen LogP contribution < -0.4 is 5.32 Å². The highest BCUT2D eigenvalue weighted by atomic mass is 19.3. The van der Waals surface area contributed by atoms with Crippen LogP contribution in [0.2, 0.25) is 0 Å². The second-order valence-corrected chi connectivity index (χ2v) is 3.60. The van der Waals surface area contributed by atoms with Crippen LogP contribution in [0.15, 0.2) is 5.11 Å². The molecular formula is C8H12F2N4O6. The highest BCUT2D eigenvalue weighted by Gasteiger charge is 2.41. The van der Waals surface area contributed by atoms with Gasteiger partial charge in [0.1, 0.15) is 30.6 Å². The van der Waals surface area contributed by atoms with Crippen molar-refractivity contribution in [3.63, 3.8) is 0 Å². The molecule has 0 saturated heterocycles. The van der Waals surface area contributed by atoms with Crippen LogP contribution in [0.1, 0.15) is 0 Å². The minimum Gasteiger partial charge on any atom is -0.394 e. The average molecular weight is 298 g/mol. The Labute approximate surface area is 110 Å². The Kier molecular flexibility index (Phi) is 6.96. The molecule has 20 heavy (non-hydrogen) atoms. The van der Waals surface area contributed by atoms with Gasteiger partial charge in [0.25, 0.3) is 5.91 Å². The average Bonchev–Trinajstić information content (AvgIpc) is 2.41. The molecule has 114 valence electrons. The molecule has 12 heteroatoms. The quantitative estimate of drug-likeness (QED) is 0.110. The van der Waals surface area contributed by atoms with E-state index >= 15 is 0 Å². The van der Waals surface area contributed by atoms with Crippen molar-refractivity contribution < 1.29 is 38.8 Å². The number of hydrogen-bond donors (Lipinski definition) is 5. The number of rotatable bonds is 8. The fourth-order valence-electron chi connectivity index (χ4n) is 1.09. The van der Waals surface area contributed by atoms with E-state index in [1.54, 1.807) is 4.91 Å². The van der Waals surface area contributed by atoms with Crippen LogP contribution >= 0.6 is 0 Å². The van der Waals surface area contributed by atoms with E-state index in [4.69, 9.17) is 15.7 Å². The Bertz CT molecular complexity index is 402. The molecule has 0 radical (unpaired) electrons. The molecule has 0 aromatic heterocycles. The van der Waals surface area contributed by atoms with E-state index in [2.05, 4.69) is 0 Å². The van der Waals surface area contributed by atoms with Crippen molar-refractivity contribution in [1.82, 2.24) is 5.32 Å². The van der Waals surface area contributed by atoms with Gasteiger partial charge in [0.05, 0.1) is 6.61 Å². The first-order valence-electron chi connectivity index (χ1n) is 5.06.